The normalized spacial score (nSPS) is 12.4. The first-order valence-corrected chi connectivity index (χ1v) is 11.1. The predicted molar refractivity (Wildman–Crippen MR) is 120 cm³/mol. The van der Waals surface area contributed by atoms with Crippen molar-refractivity contribution in [3.05, 3.63) is 70.3 Å². The lowest BCUT2D eigenvalue weighted by Crippen LogP contribution is -2.30. The Hall–Kier alpha value is -2.95. The lowest BCUT2D eigenvalue weighted by Gasteiger charge is -2.16. The molecule has 32 heavy (non-hydrogen) atoms. The number of hydrogen-bond donors (Lipinski definition) is 2. The van der Waals surface area contributed by atoms with Crippen molar-refractivity contribution in [2.45, 2.75) is 38.1 Å². The summed E-state index contributed by atoms with van der Waals surface area (Å²) in [4.78, 5) is 12.1. The molecule has 174 valence electrons. The summed E-state index contributed by atoms with van der Waals surface area (Å²) in [7, 11) is -4.02. The summed E-state index contributed by atoms with van der Waals surface area (Å²) in [5, 5.41) is 0.484. The Bertz CT molecular complexity index is 1250. The van der Waals surface area contributed by atoms with E-state index in [4.69, 9.17) is 19.5 Å². The Morgan fingerprint density at radius 1 is 1.22 bits per heavy atom. The van der Waals surface area contributed by atoms with Crippen LogP contribution in [0.15, 0.2) is 68.6 Å². The van der Waals surface area contributed by atoms with Gasteiger partial charge in [-0.3, -0.25) is 9.35 Å². The second kappa shape index (κ2) is 10.1. The topological polar surface area (TPSA) is 125 Å². The molecule has 1 heterocycles. The molecule has 0 unspecified atom stereocenters. The number of hydrogen-bond acceptors (Lipinski definition) is 6. The van der Waals surface area contributed by atoms with E-state index in [9.17, 15) is 17.6 Å². The average Bonchev–Trinajstić information content (AvgIpc) is 3.05. The fourth-order valence-electron chi connectivity index (χ4n) is 2.56. The Morgan fingerprint density at radius 3 is 2.34 bits per heavy atom. The Balaban J connectivity index is 0.000000278. The maximum Gasteiger partial charge on any atom is 0.294 e. The van der Waals surface area contributed by atoms with Gasteiger partial charge in [0.1, 0.15) is 12.4 Å². The van der Waals surface area contributed by atoms with Crippen LogP contribution < -0.4 is 16.0 Å². The van der Waals surface area contributed by atoms with Crippen molar-refractivity contribution in [2.24, 2.45) is 5.73 Å². The van der Waals surface area contributed by atoms with Gasteiger partial charge >= 0.3 is 0 Å². The van der Waals surface area contributed by atoms with Gasteiger partial charge in [-0.15, -0.1) is 0 Å². The first-order valence-electron chi connectivity index (χ1n) is 9.68. The van der Waals surface area contributed by atoms with Gasteiger partial charge in [0, 0.05) is 18.2 Å². The summed E-state index contributed by atoms with van der Waals surface area (Å²) in [5.41, 5.74) is 6.47. The lowest BCUT2D eigenvalue weighted by atomic mass is 10.1. The van der Waals surface area contributed by atoms with Crippen molar-refractivity contribution >= 4 is 21.1 Å². The van der Waals surface area contributed by atoms with E-state index < -0.39 is 15.7 Å². The summed E-state index contributed by atoms with van der Waals surface area (Å²) in [6.45, 7) is 7.64. The molecule has 3 N–H and O–H groups in total. The molecule has 0 saturated heterocycles. The van der Waals surface area contributed by atoms with Crippen LogP contribution in [0.5, 0.6) is 5.75 Å². The smallest absolute Gasteiger partial charge is 0.294 e. The Morgan fingerprint density at radius 2 is 1.84 bits per heavy atom. The molecule has 0 bridgehead atoms. The number of halogens is 1. The van der Waals surface area contributed by atoms with Crippen LogP contribution in [0, 0.1) is 6.92 Å². The maximum atomic E-state index is 12.4. The SMILES string of the molecule is CC(C)(C)n1oc2cc(OC/C(=C\F)CN)ccc2c1=O.Cc1ccc(S(=O)(=O)O)cc1. The van der Waals surface area contributed by atoms with Gasteiger partial charge in [0.15, 0.2) is 5.58 Å². The fourth-order valence-corrected chi connectivity index (χ4v) is 3.04. The number of rotatable bonds is 5. The Labute approximate surface area is 185 Å². The largest absolute Gasteiger partial charge is 0.489 e. The molecule has 10 heteroatoms. The lowest BCUT2D eigenvalue weighted by molar-refractivity contribution is 0.171. The molecule has 0 saturated carbocycles. The summed E-state index contributed by atoms with van der Waals surface area (Å²) in [6.07, 6.45) is 0.439. The summed E-state index contributed by atoms with van der Waals surface area (Å²) < 4.78 is 54.3. The Kier molecular flexibility index (Phi) is 8.00. The predicted octanol–water partition coefficient (Wildman–Crippen LogP) is 3.78. The molecule has 0 amide bonds. The molecule has 8 nitrogen and oxygen atoms in total. The molecule has 0 spiro atoms. The number of fused-ring (bicyclic) bond motifs is 1. The van der Waals surface area contributed by atoms with E-state index in [1.54, 1.807) is 30.3 Å². The summed E-state index contributed by atoms with van der Waals surface area (Å²) in [5.74, 6) is 0.491. The zero-order valence-corrected chi connectivity index (χ0v) is 19.1. The van der Waals surface area contributed by atoms with Gasteiger partial charge in [-0.05, 0) is 52.0 Å². The van der Waals surface area contributed by atoms with Crippen LogP contribution in [-0.4, -0.2) is 30.9 Å². The van der Waals surface area contributed by atoms with Gasteiger partial charge in [0.2, 0.25) is 0 Å². The summed E-state index contributed by atoms with van der Waals surface area (Å²) >= 11 is 0. The molecule has 0 aliphatic carbocycles. The quantitative estimate of drug-likeness (QED) is 0.548. The third kappa shape index (κ3) is 6.52. The van der Waals surface area contributed by atoms with E-state index in [-0.39, 0.29) is 23.6 Å². The van der Waals surface area contributed by atoms with E-state index in [1.807, 2.05) is 27.7 Å². The molecule has 2 aromatic carbocycles. The number of nitrogens with zero attached hydrogens (tertiary/aromatic N) is 1. The highest BCUT2D eigenvalue weighted by atomic mass is 32.2. The second-order valence-corrected chi connectivity index (χ2v) is 9.49. The minimum atomic E-state index is -4.02. The maximum absolute atomic E-state index is 12.4. The van der Waals surface area contributed by atoms with Crippen molar-refractivity contribution < 1.29 is 26.6 Å². The van der Waals surface area contributed by atoms with Gasteiger partial charge in [0.25, 0.3) is 15.7 Å². The minimum absolute atomic E-state index is 0.0583. The van der Waals surface area contributed by atoms with Crippen molar-refractivity contribution in [2.75, 3.05) is 13.2 Å². The number of aromatic nitrogens is 1. The van der Waals surface area contributed by atoms with Crippen LogP contribution in [0.2, 0.25) is 0 Å². The van der Waals surface area contributed by atoms with Crippen molar-refractivity contribution in [1.29, 1.82) is 0 Å². The van der Waals surface area contributed by atoms with E-state index in [0.717, 1.165) is 5.56 Å². The number of aryl methyl sites for hydroxylation is 1. The molecule has 0 radical (unpaired) electrons. The first-order chi connectivity index (χ1) is 14.9. The van der Waals surface area contributed by atoms with Crippen LogP contribution >= 0.6 is 0 Å². The van der Waals surface area contributed by atoms with Gasteiger partial charge in [-0.2, -0.15) is 13.2 Å². The molecule has 3 aromatic rings. The molecular weight excluding hydrogens is 439 g/mol. The first kappa shape index (κ1) is 25.3. The highest BCUT2D eigenvalue weighted by Crippen LogP contribution is 2.22. The third-order valence-corrected chi connectivity index (χ3v) is 5.19. The van der Waals surface area contributed by atoms with Gasteiger partial charge in [-0.25, -0.2) is 4.39 Å². The standard InChI is InChI=1S/C15H19FN2O3.C7H8O3S/c1-15(2,3)18-14(19)12-5-4-11(6-13(12)21-18)20-9-10(7-16)8-17;1-6-2-4-7(5-3-6)11(8,9)10/h4-7H,8-9,17H2,1-3H3;2-5H,1H3,(H,8,9,10)/b10-7-;. The number of nitrogens with two attached hydrogens (primary N) is 1. The van der Waals surface area contributed by atoms with Crippen molar-refractivity contribution in [1.82, 2.24) is 4.74 Å². The van der Waals surface area contributed by atoms with Crippen LogP contribution in [0.4, 0.5) is 4.39 Å². The van der Waals surface area contributed by atoms with Gasteiger partial charge in [0.05, 0.1) is 22.2 Å². The molecule has 0 fully saturated rings. The number of benzene rings is 2. The fraction of sp³-hybridized carbons (Fsp3) is 0.318. The molecule has 3 rings (SSSR count). The monoisotopic (exact) mass is 466 g/mol. The average molecular weight is 467 g/mol. The molecular formula is C22H27FN2O6S. The van der Waals surface area contributed by atoms with E-state index in [0.29, 0.717) is 28.6 Å². The molecule has 0 aliphatic heterocycles. The highest BCUT2D eigenvalue weighted by molar-refractivity contribution is 7.85. The van der Waals surface area contributed by atoms with Crippen LogP contribution in [-0.2, 0) is 15.7 Å². The third-order valence-electron chi connectivity index (χ3n) is 4.33. The summed E-state index contributed by atoms with van der Waals surface area (Å²) in [6, 6.07) is 10.9. The van der Waals surface area contributed by atoms with Crippen LogP contribution in [0.3, 0.4) is 0 Å². The molecule has 1 aromatic heterocycles. The van der Waals surface area contributed by atoms with Crippen LogP contribution in [0.1, 0.15) is 26.3 Å². The zero-order valence-electron chi connectivity index (χ0n) is 18.3. The van der Waals surface area contributed by atoms with E-state index in [2.05, 4.69) is 0 Å². The molecule has 0 atom stereocenters. The molecule has 0 aliphatic rings. The second-order valence-electron chi connectivity index (χ2n) is 8.07. The van der Waals surface area contributed by atoms with Crippen molar-refractivity contribution in [3.8, 4) is 5.75 Å². The van der Waals surface area contributed by atoms with E-state index >= 15 is 0 Å². The highest BCUT2D eigenvalue weighted by Gasteiger charge is 2.21. The number of ether oxygens (including phenoxy) is 1. The van der Waals surface area contributed by atoms with Crippen LogP contribution in [0.25, 0.3) is 11.0 Å². The van der Waals surface area contributed by atoms with Crippen molar-refractivity contribution in [3.63, 3.8) is 0 Å². The minimum Gasteiger partial charge on any atom is -0.489 e. The zero-order chi connectivity index (χ0) is 24.1. The van der Waals surface area contributed by atoms with E-state index in [1.165, 1.54) is 16.9 Å². The van der Waals surface area contributed by atoms with Gasteiger partial charge in [-0.1, -0.05) is 17.7 Å². The van der Waals surface area contributed by atoms with Gasteiger partial charge < -0.3 is 15.0 Å².